The normalized spacial score (nSPS) is 9.96. The fourth-order valence-corrected chi connectivity index (χ4v) is 2.27. The number of ketones is 1. The van der Waals surface area contributed by atoms with Gasteiger partial charge in [-0.3, -0.25) is 9.59 Å². The number of methoxy groups -OCH3 is 2. The minimum absolute atomic E-state index is 0.101. The molecule has 0 saturated carbocycles. The van der Waals surface area contributed by atoms with Crippen molar-refractivity contribution < 1.29 is 28.6 Å². The molecule has 1 amide bonds. The van der Waals surface area contributed by atoms with Crippen LogP contribution in [-0.2, 0) is 9.53 Å². The van der Waals surface area contributed by atoms with Gasteiger partial charge in [0.15, 0.2) is 12.4 Å². The van der Waals surface area contributed by atoms with E-state index in [0.29, 0.717) is 11.3 Å². The second-order valence-electron chi connectivity index (χ2n) is 5.30. The molecule has 0 heterocycles. The molecule has 0 aliphatic rings. The smallest absolute Gasteiger partial charge is 0.346 e. The number of anilines is 1. The molecule has 1 N–H and O–H groups in total. The molecule has 0 aliphatic heterocycles. The first-order chi connectivity index (χ1) is 12.5. The van der Waals surface area contributed by atoms with Crippen molar-refractivity contribution in [1.29, 1.82) is 0 Å². The van der Waals surface area contributed by atoms with E-state index >= 15 is 0 Å². The van der Waals surface area contributed by atoms with E-state index < -0.39 is 18.5 Å². The van der Waals surface area contributed by atoms with Gasteiger partial charge in [0.25, 0.3) is 5.91 Å². The van der Waals surface area contributed by atoms with Gasteiger partial charge in [0, 0.05) is 11.3 Å². The van der Waals surface area contributed by atoms with Crippen molar-refractivity contribution in [1.82, 2.24) is 0 Å². The molecular weight excluding hydrogens is 338 g/mol. The summed E-state index contributed by atoms with van der Waals surface area (Å²) >= 11 is 0. The van der Waals surface area contributed by atoms with Gasteiger partial charge in [0.05, 0.1) is 14.2 Å². The Labute approximate surface area is 150 Å². The standard InChI is InChI=1S/C19H19NO6/c1-12(21)13-6-4-7-14(10-13)20-17(22)11-26-19(23)18-15(24-2)8-5-9-16(18)25-3/h4-10H,11H2,1-3H3,(H,20,22). The van der Waals surface area contributed by atoms with Crippen molar-refractivity contribution in [2.24, 2.45) is 0 Å². The highest BCUT2D eigenvalue weighted by Gasteiger charge is 2.20. The van der Waals surface area contributed by atoms with Crippen LogP contribution in [0.3, 0.4) is 0 Å². The molecular formula is C19H19NO6. The van der Waals surface area contributed by atoms with Crippen LogP contribution in [0, 0.1) is 0 Å². The highest BCUT2D eigenvalue weighted by atomic mass is 16.5. The Bertz CT molecular complexity index is 808. The lowest BCUT2D eigenvalue weighted by atomic mass is 10.1. The Morgan fingerprint density at radius 3 is 2.15 bits per heavy atom. The molecule has 26 heavy (non-hydrogen) atoms. The molecule has 2 aromatic rings. The Morgan fingerprint density at radius 2 is 1.58 bits per heavy atom. The Morgan fingerprint density at radius 1 is 0.962 bits per heavy atom. The van der Waals surface area contributed by atoms with Crippen molar-refractivity contribution in [3.8, 4) is 11.5 Å². The summed E-state index contributed by atoms with van der Waals surface area (Å²) in [4.78, 5) is 35.7. The van der Waals surface area contributed by atoms with E-state index in [1.165, 1.54) is 21.1 Å². The summed E-state index contributed by atoms with van der Waals surface area (Å²) in [5, 5.41) is 2.57. The van der Waals surface area contributed by atoms with E-state index in [2.05, 4.69) is 5.32 Å². The van der Waals surface area contributed by atoms with Crippen LogP contribution in [0.15, 0.2) is 42.5 Å². The van der Waals surface area contributed by atoms with Crippen LogP contribution in [-0.4, -0.2) is 38.5 Å². The maximum Gasteiger partial charge on any atom is 0.346 e. The summed E-state index contributed by atoms with van der Waals surface area (Å²) in [7, 11) is 2.83. The number of amides is 1. The molecule has 0 radical (unpaired) electrons. The first-order valence-corrected chi connectivity index (χ1v) is 7.75. The molecule has 2 aromatic carbocycles. The van der Waals surface area contributed by atoms with Crippen molar-refractivity contribution >= 4 is 23.3 Å². The summed E-state index contributed by atoms with van der Waals surface area (Å²) in [5.41, 5.74) is 1.01. The molecule has 0 saturated heterocycles. The average Bonchev–Trinajstić information content (AvgIpc) is 2.65. The maximum absolute atomic E-state index is 12.3. The third-order valence-corrected chi connectivity index (χ3v) is 3.52. The van der Waals surface area contributed by atoms with Crippen molar-refractivity contribution in [2.75, 3.05) is 26.1 Å². The summed E-state index contributed by atoms with van der Waals surface area (Å²) < 4.78 is 15.3. The molecule has 0 unspecified atom stereocenters. The largest absolute Gasteiger partial charge is 0.496 e. The fourth-order valence-electron chi connectivity index (χ4n) is 2.27. The number of rotatable bonds is 7. The molecule has 0 aromatic heterocycles. The van der Waals surface area contributed by atoms with Gasteiger partial charge in [0.1, 0.15) is 17.1 Å². The second-order valence-corrected chi connectivity index (χ2v) is 5.30. The molecule has 7 heteroatoms. The summed E-state index contributed by atoms with van der Waals surface area (Å²) in [6.07, 6.45) is 0. The number of Topliss-reactive ketones (excluding diaryl/α,β-unsaturated/α-hetero) is 1. The van der Waals surface area contributed by atoms with Crippen LogP contribution in [0.2, 0.25) is 0 Å². The van der Waals surface area contributed by atoms with Gasteiger partial charge in [-0.15, -0.1) is 0 Å². The number of hydrogen-bond acceptors (Lipinski definition) is 6. The molecule has 0 bridgehead atoms. The van der Waals surface area contributed by atoms with E-state index in [0.717, 1.165) is 0 Å². The topological polar surface area (TPSA) is 90.9 Å². The number of hydrogen-bond donors (Lipinski definition) is 1. The van der Waals surface area contributed by atoms with Crippen LogP contribution in [0.25, 0.3) is 0 Å². The summed E-state index contributed by atoms with van der Waals surface area (Å²) in [5.74, 6) is -0.830. The lowest BCUT2D eigenvalue weighted by molar-refractivity contribution is -0.119. The minimum Gasteiger partial charge on any atom is -0.496 e. The molecule has 0 fully saturated rings. The number of carbonyl (C=O) groups is 3. The Kier molecular flexibility index (Phi) is 6.32. The predicted molar refractivity (Wildman–Crippen MR) is 94.9 cm³/mol. The quantitative estimate of drug-likeness (QED) is 0.605. The zero-order valence-electron chi connectivity index (χ0n) is 14.7. The van der Waals surface area contributed by atoms with Crippen LogP contribution in [0.4, 0.5) is 5.69 Å². The summed E-state index contributed by atoms with van der Waals surface area (Å²) in [6, 6.07) is 11.3. The number of carbonyl (C=O) groups excluding carboxylic acids is 3. The Balaban J connectivity index is 2.03. The van der Waals surface area contributed by atoms with Gasteiger partial charge >= 0.3 is 5.97 Å². The van der Waals surface area contributed by atoms with Gasteiger partial charge in [-0.05, 0) is 31.2 Å². The molecule has 7 nitrogen and oxygen atoms in total. The molecule has 0 atom stereocenters. The number of nitrogens with one attached hydrogen (secondary N) is 1. The van der Waals surface area contributed by atoms with E-state index in [1.807, 2.05) is 0 Å². The molecule has 2 rings (SSSR count). The molecule has 0 spiro atoms. The average molecular weight is 357 g/mol. The van der Waals surface area contributed by atoms with Gasteiger partial charge in [0.2, 0.25) is 0 Å². The van der Waals surface area contributed by atoms with Crippen molar-refractivity contribution in [3.63, 3.8) is 0 Å². The van der Waals surface area contributed by atoms with Crippen LogP contribution in [0.5, 0.6) is 11.5 Å². The summed E-state index contributed by atoms with van der Waals surface area (Å²) in [6.45, 7) is 0.938. The third-order valence-electron chi connectivity index (χ3n) is 3.52. The predicted octanol–water partition coefficient (Wildman–Crippen LogP) is 2.70. The monoisotopic (exact) mass is 357 g/mol. The van der Waals surface area contributed by atoms with Crippen molar-refractivity contribution in [3.05, 3.63) is 53.6 Å². The SMILES string of the molecule is COc1cccc(OC)c1C(=O)OCC(=O)Nc1cccc(C(C)=O)c1. The number of ether oxygens (including phenoxy) is 3. The number of benzene rings is 2. The van der Waals surface area contributed by atoms with Crippen LogP contribution < -0.4 is 14.8 Å². The minimum atomic E-state index is -0.744. The third kappa shape index (κ3) is 4.60. The second kappa shape index (κ2) is 8.66. The lowest BCUT2D eigenvalue weighted by Crippen LogP contribution is -2.21. The zero-order valence-corrected chi connectivity index (χ0v) is 14.7. The van der Waals surface area contributed by atoms with Crippen LogP contribution >= 0.6 is 0 Å². The van der Waals surface area contributed by atoms with Gasteiger partial charge in [-0.25, -0.2) is 4.79 Å². The van der Waals surface area contributed by atoms with Gasteiger partial charge < -0.3 is 19.5 Å². The highest BCUT2D eigenvalue weighted by molar-refractivity contribution is 5.99. The fraction of sp³-hybridized carbons (Fsp3) is 0.211. The van der Waals surface area contributed by atoms with Crippen molar-refractivity contribution in [2.45, 2.75) is 6.92 Å². The van der Waals surface area contributed by atoms with Crippen LogP contribution in [0.1, 0.15) is 27.6 Å². The zero-order chi connectivity index (χ0) is 19.1. The first kappa shape index (κ1) is 19.0. The van der Waals surface area contributed by atoms with Gasteiger partial charge in [-0.1, -0.05) is 18.2 Å². The maximum atomic E-state index is 12.3. The molecule has 0 aliphatic carbocycles. The van der Waals surface area contributed by atoms with E-state index in [4.69, 9.17) is 14.2 Å². The lowest BCUT2D eigenvalue weighted by Gasteiger charge is -2.12. The van der Waals surface area contributed by atoms with E-state index in [-0.39, 0.29) is 22.8 Å². The van der Waals surface area contributed by atoms with E-state index in [9.17, 15) is 14.4 Å². The van der Waals surface area contributed by atoms with Gasteiger partial charge in [-0.2, -0.15) is 0 Å². The number of esters is 1. The highest BCUT2D eigenvalue weighted by Crippen LogP contribution is 2.28. The Hall–Kier alpha value is -3.35. The first-order valence-electron chi connectivity index (χ1n) is 7.75. The van der Waals surface area contributed by atoms with E-state index in [1.54, 1.807) is 42.5 Å². The molecule has 136 valence electrons.